The van der Waals surface area contributed by atoms with Crippen LogP contribution in [0.15, 0.2) is 11.4 Å². The first-order valence-corrected chi connectivity index (χ1v) is 6.15. The van der Waals surface area contributed by atoms with Crippen LogP contribution in [0.5, 0.6) is 0 Å². The number of nitrogens with zero attached hydrogens (tertiary/aromatic N) is 4. The minimum atomic E-state index is 0.249. The van der Waals surface area contributed by atoms with E-state index in [9.17, 15) is 0 Å². The van der Waals surface area contributed by atoms with E-state index in [2.05, 4.69) is 20.0 Å². The monoisotopic (exact) mass is 249 g/mol. The molecule has 0 aliphatic heterocycles. The molecule has 6 nitrogen and oxygen atoms in total. The van der Waals surface area contributed by atoms with Crippen molar-refractivity contribution >= 4 is 11.7 Å². The van der Waals surface area contributed by atoms with Crippen LogP contribution < -0.4 is 10.6 Å². The van der Waals surface area contributed by atoms with Gasteiger partial charge in [0.1, 0.15) is 5.84 Å². The van der Waals surface area contributed by atoms with Gasteiger partial charge in [0.05, 0.1) is 11.4 Å². The Morgan fingerprint density at radius 3 is 2.89 bits per heavy atom. The molecule has 1 aliphatic rings. The maximum absolute atomic E-state index is 8.59. The summed E-state index contributed by atoms with van der Waals surface area (Å²) >= 11 is 0. The first kappa shape index (κ1) is 12.6. The van der Waals surface area contributed by atoms with E-state index in [1.54, 1.807) is 6.20 Å². The molecule has 98 valence electrons. The lowest BCUT2D eigenvalue weighted by molar-refractivity contribution is 0.317. The maximum Gasteiger partial charge on any atom is 0.150 e. The van der Waals surface area contributed by atoms with Crippen LogP contribution in [0.25, 0.3) is 0 Å². The van der Waals surface area contributed by atoms with E-state index in [4.69, 9.17) is 10.9 Å². The van der Waals surface area contributed by atoms with Gasteiger partial charge in [0.25, 0.3) is 0 Å². The number of amidine groups is 1. The topological polar surface area (TPSA) is 87.6 Å². The standard InChI is InChI=1S/C12H19N5O/c1-8-7-14-9(2)12(15-8)17(10-3-4-10)6-5-11(13)16-18/h7,10,18H,3-6H2,1-2H3,(H2,13,16). The normalized spacial score (nSPS) is 15.8. The van der Waals surface area contributed by atoms with E-state index < -0.39 is 0 Å². The number of hydrogen-bond donors (Lipinski definition) is 2. The van der Waals surface area contributed by atoms with Gasteiger partial charge in [-0.25, -0.2) is 4.98 Å². The minimum Gasteiger partial charge on any atom is -0.409 e. The van der Waals surface area contributed by atoms with Crippen LogP contribution in [0.4, 0.5) is 5.82 Å². The first-order chi connectivity index (χ1) is 8.61. The van der Waals surface area contributed by atoms with Crippen molar-refractivity contribution in [2.45, 2.75) is 39.2 Å². The van der Waals surface area contributed by atoms with Gasteiger partial charge in [-0.2, -0.15) is 0 Å². The van der Waals surface area contributed by atoms with Gasteiger partial charge in [0.2, 0.25) is 0 Å². The second-order valence-electron chi connectivity index (χ2n) is 4.69. The molecule has 3 N–H and O–H groups in total. The molecular weight excluding hydrogens is 230 g/mol. The number of nitrogens with two attached hydrogens (primary N) is 1. The average Bonchev–Trinajstić information content (AvgIpc) is 3.17. The molecule has 18 heavy (non-hydrogen) atoms. The smallest absolute Gasteiger partial charge is 0.150 e. The Hall–Kier alpha value is -1.85. The third-order valence-corrected chi connectivity index (χ3v) is 3.05. The molecule has 0 spiro atoms. The highest BCUT2D eigenvalue weighted by atomic mass is 16.4. The molecule has 6 heteroatoms. The highest BCUT2D eigenvalue weighted by Gasteiger charge is 2.31. The van der Waals surface area contributed by atoms with Crippen molar-refractivity contribution in [2.24, 2.45) is 10.9 Å². The van der Waals surface area contributed by atoms with Crippen molar-refractivity contribution in [3.63, 3.8) is 0 Å². The van der Waals surface area contributed by atoms with Gasteiger partial charge < -0.3 is 15.8 Å². The molecule has 0 radical (unpaired) electrons. The summed E-state index contributed by atoms with van der Waals surface area (Å²) in [5.74, 6) is 1.17. The van der Waals surface area contributed by atoms with Gasteiger partial charge in [-0.1, -0.05) is 5.16 Å². The van der Waals surface area contributed by atoms with E-state index in [0.717, 1.165) is 17.2 Å². The second-order valence-corrected chi connectivity index (χ2v) is 4.69. The third kappa shape index (κ3) is 2.88. The van der Waals surface area contributed by atoms with Crippen LogP contribution in [0.1, 0.15) is 30.7 Å². The van der Waals surface area contributed by atoms with Crippen molar-refractivity contribution in [3.8, 4) is 0 Å². The number of anilines is 1. The molecule has 1 saturated carbocycles. The molecule has 0 atom stereocenters. The quantitative estimate of drug-likeness (QED) is 0.354. The zero-order valence-electron chi connectivity index (χ0n) is 10.8. The van der Waals surface area contributed by atoms with Gasteiger partial charge in [0.15, 0.2) is 5.82 Å². The lowest BCUT2D eigenvalue weighted by Gasteiger charge is -2.24. The fourth-order valence-electron chi connectivity index (χ4n) is 1.93. The zero-order valence-corrected chi connectivity index (χ0v) is 10.8. The lowest BCUT2D eigenvalue weighted by Crippen LogP contribution is -2.31. The van der Waals surface area contributed by atoms with Gasteiger partial charge in [0, 0.05) is 25.2 Å². The molecule has 0 saturated heterocycles. The molecular formula is C12H19N5O. The van der Waals surface area contributed by atoms with Crippen LogP contribution in [-0.2, 0) is 0 Å². The van der Waals surface area contributed by atoms with Crippen molar-refractivity contribution in [3.05, 3.63) is 17.6 Å². The molecule has 0 unspecified atom stereocenters. The SMILES string of the molecule is Cc1cnc(C)c(N(CCC(N)=NO)C2CC2)n1. The molecule has 0 aromatic carbocycles. The molecule has 1 fully saturated rings. The summed E-state index contributed by atoms with van der Waals surface area (Å²) in [6.07, 6.45) is 4.64. The van der Waals surface area contributed by atoms with E-state index in [1.165, 1.54) is 12.8 Å². The molecule has 1 aliphatic carbocycles. The Balaban J connectivity index is 2.16. The Labute approximate surface area is 107 Å². The number of oxime groups is 1. The van der Waals surface area contributed by atoms with E-state index in [0.29, 0.717) is 19.0 Å². The minimum absolute atomic E-state index is 0.249. The van der Waals surface area contributed by atoms with Crippen molar-refractivity contribution in [1.82, 2.24) is 9.97 Å². The predicted octanol–water partition coefficient (Wildman–Crippen LogP) is 1.20. The Bertz CT molecular complexity index is 456. The number of aryl methyl sites for hydroxylation is 2. The third-order valence-electron chi connectivity index (χ3n) is 3.05. The molecule has 2 rings (SSSR count). The van der Waals surface area contributed by atoms with E-state index >= 15 is 0 Å². The molecule has 1 aromatic heterocycles. The average molecular weight is 249 g/mol. The summed E-state index contributed by atoms with van der Waals surface area (Å²) in [5.41, 5.74) is 7.36. The molecule has 0 amide bonds. The predicted molar refractivity (Wildman–Crippen MR) is 69.9 cm³/mol. The molecule has 1 heterocycles. The Morgan fingerprint density at radius 2 is 2.28 bits per heavy atom. The van der Waals surface area contributed by atoms with Crippen molar-refractivity contribution < 1.29 is 5.21 Å². The zero-order chi connectivity index (χ0) is 13.1. The summed E-state index contributed by atoms with van der Waals surface area (Å²) in [6, 6.07) is 0.520. The number of rotatable bonds is 5. The van der Waals surface area contributed by atoms with Gasteiger partial charge in [-0.3, -0.25) is 4.98 Å². The van der Waals surface area contributed by atoms with E-state index in [-0.39, 0.29) is 5.84 Å². The van der Waals surface area contributed by atoms with Crippen LogP contribution in [-0.4, -0.2) is 33.6 Å². The second kappa shape index (κ2) is 5.20. The Kier molecular flexibility index (Phi) is 3.64. The summed E-state index contributed by atoms with van der Waals surface area (Å²) in [7, 11) is 0. The van der Waals surface area contributed by atoms with E-state index in [1.807, 2.05) is 13.8 Å². The van der Waals surface area contributed by atoms with Gasteiger partial charge >= 0.3 is 0 Å². The van der Waals surface area contributed by atoms with Crippen LogP contribution in [0, 0.1) is 13.8 Å². The fourth-order valence-corrected chi connectivity index (χ4v) is 1.93. The van der Waals surface area contributed by atoms with Crippen LogP contribution >= 0.6 is 0 Å². The lowest BCUT2D eigenvalue weighted by atomic mass is 10.3. The first-order valence-electron chi connectivity index (χ1n) is 6.15. The van der Waals surface area contributed by atoms with Crippen LogP contribution in [0.2, 0.25) is 0 Å². The van der Waals surface area contributed by atoms with Crippen molar-refractivity contribution in [1.29, 1.82) is 0 Å². The number of aromatic nitrogens is 2. The summed E-state index contributed by atoms with van der Waals surface area (Å²) < 4.78 is 0. The molecule has 1 aromatic rings. The number of hydrogen-bond acceptors (Lipinski definition) is 5. The Morgan fingerprint density at radius 1 is 1.56 bits per heavy atom. The highest BCUT2D eigenvalue weighted by Crippen LogP contribution is 2.31. The molecule has 0 bridgehead atoms. The summed E-state index contributed by atoms with van der Waals surface area (Å²) in [6.45, 7) is 4.60. The van der Waals surface area contributed by atoms with Gasteiger partial charge in [-0.05, 0) is 26.7 Å². The van der Waals surface area contributed by atoms with Gasteiger partial charge in [-0.15, -0.1) is 0 Å². The maximum atomic E-state index is 8.59. The fraction of sp³-hybridized carbons (Fsp3) is 0.583. The van der Waals surface area contributed by atoms with Crippen LogP contribution in [0.3, 0.4) is 0 Å². The van der Waals surface area contributed by atoms with Crippen molar-refractivity contribution in [2.75, 3.05) is 11.4 Å². The largest absolute Gasteiger partial charge is 0.409 e. The summed E-state index contributed by atoms with van der Waals surface area (Å²) in [5, 5.41) is 11.6. The summed E-state index contributed by atoms with van der Waals surface area (Å²) in [4.78, 5) is 11.1. The highest BCUT2D eigenvalue weighted by molar-refractivity contribution is 5.80.